The zero-order valence-electron chi connectivity index (χ0n) is 16.0. The average Bonchev–Trinajstić information content (AvgIpc) is 2.76. The SMILES string of the molecule is O=C(O)C(CNC(=O)C1CCOc2ccccc21)Cc1cccc2ccccc12. The van der Waals surface area contributed by atoms with Crippen LogP contribution in [0.1, 0.15) is 23.5 Å². The molecule has 1 aliphatic rings. The number of hydrogen-bond acceptors (Lipinski definition) is 3. The van der Waals surface area contributed by atoms with Gasteiger partial charge in [-0.3, -0.25) is 9.59 Å². The van der Waals surface area contributed by atoms with E-state index in [1.165, 1.54) is 0 Å². The number of fused-ring (bicyclic) bond motifs is 2. The molecular formula is C24H23NO4. The van der Waals surface area contributed by atoms with Crippen molar-refractivity contribution in [1.82, 2.24) is 5.32 Å². The van der Waals surface area contributed by atoms with Crippen molar-refractivity contribution in [2.24, 2.45) is 5.92 Å². The van der Waals surface area contributed by atoms with Gasteiger partial charge in [-0.25, -0.2) is 0 Å². The van der Waals surface area contributed by atoms with E-state index in [2.05, 4.69) is 5.32 Å². The Morgan fingerprint density at radius 3 is 2.66 bits per heavy atom. The van der Waals surface area contributed by atoms with Gasteiger partial charge in [0.2, 0.25) is 5.91 Å². The van der Waals surface area contributed by atoms with Gasteiger partial charge in [-0.2, -0.15) is 0 Å². The molecule has 0 spiro atoms. The zero-order valence-corrected chi connectivity index (χ0v) is 16.0. The number of carboxylic acids is 1. The van der Waals surface area contributed by atoms with Gasteiger partial charge < -0.3 is 15.2 Å². The van der Waals surface area contributed by atoms with Gasteiger partial charge in [0.05, 0.1) is 18.4 Å². The van der Waals surface area contributed by atoms with Crippen LogP contribution in [0, 0.1) is 5.92 Å². The van der Waals surface area contributed by atoms with E-state index in [1.54, 1.807) is 0 Å². The zero-order chi connectivity index (χ0) is 20.2. The maximum absolute atomic E-state index is 12.8. The number of carboxylic acid groups (broad SMARTS) is 1. The minimum atomic E-state index is -0.911. The number of carbonyl (C=O) groups is 2. The minimum absolute atomic E-state index is 0.0942. The highest BCUT2D eigenvalue weighted by Crippen LogP contribution is 2.33. The Bertz CT molecular complexity index is 1040. The molecule has 5 heteroatoms. The predicted octanol–water partition coefficient (Wildman–Crippen LogP) is 3.77. The topological polar surface area (TPSA) is 75.6 Å². The van der Waals surface area contributed by atoms with Crippen molar-refractivity contribution in [3.8, 4) is 5.75 Å². The van der Waals surface area contributed by atoms with Crippen LogP contribution in [0.5, 0.6) is 5.75 Å². The molecule has 148 valence electrons. The van der Waals surface area contributed by atoms with Gasteiger partial charge in [-0.05, 0) is 35.2 Å². The lowest BCUT2D eigenvalue weighted by molar-refractivity contribution is -0.141. The summed E-state index contributed by atoms with van der Waals surface area (Å²) >= 11 is 0. The van der Waals surface area contributed by atoms with Crippen LogP contribution in [0.3, 0.4) is 0 Å². The van der Waals surface area contributed by atoms with Crippen LogP contribution in [0.25, 0.3) is 10.8 Å². The van der Waals surface area contributed by atoms with Crippen LogP contribution in [-0.2, 0) is 16.0 Å². The number of nitrogens with one attached hydrogen (secondary N) is 1. The van der Waals surface area contributed by atoms with Gasteiger partial charge in [0, 0.05) is 12.1 Å². The molecule has 2 unspecified atom stereocenters. The van der Waals surface area contributed by atoms with Crippen molar-refractivity contribution in [2.75, 3.05) is 13.2 Å². The van der Waals surface area contributed by atoms with Crippen molar-refractivity contribution in [2.45, 2.75) is 18.8 Å². The Morgan fingerprint density at radius 2 is 1.79 bits per heavy atom. The highest BCUT2D eigenvalue weighted by molar-refractivity contribution is 5.87. The summed E-state index contributed by atoms with van der Waals surface area (Å²) in [4.78, 5) is 24.6. The molecule has 29 heavy (non-hydrogen) atoms. The van der Waals surface area contributed by atoms with E-state index in [4.69, 9.17) is 4.74 Å². The number of rotatable bonds is 6. The number of amides is 1. The number of carbonyl (C=O) groups excluding carboxylic acids is 1. The fraction of sp³-hybridized carbons (Fsp3) is 0.250. The van der Waals surface area contributed by atoms with Crippen LogP contribution >= 0.6 is 0 Å². The lowest BCUT2D eigenvalue weighted by Crippen LogP contribution is -2.38. The number of para-hydroxylation sites is 1. The Kier molecular flexibility index (Phi) is 5.47. The Labute approximate surface area is 169 Å². The second-order valence-corrected chi connectivity index (χ2v) is 7.35. The molecule has 3 aromatic rings. The van der Waals surface area contributed by atoms with Gasteiger partial charge in [-0.1, -0.05) is 60.7 Å². The minimum Gasteiger partial charge on any atom is -0.493 e. The third-order valence-electron chi connectivity index (χ3n) is 5.49. The van der Waals surface area contributed by atoms with Crippen molar-refractivity contribution >= 4 is 22.6 Å². The highest BCUT2D eigenvalue weighted by Gasteiger charge is 2.28. The Hall–Kier alpha value is -3.34. The van der Waals surface area contributed by atoms with Crippen molar-refractivity contribution in [3.05, 3.63) is 77.9 Å². The third-order valence-corrected chi connectivity index (χ3v) is 5.49. The first kappa shape index (κ1) is 19.0. The van der Waals surface area contributed by atoms with Crippen LogP contribution < -0.4 is 10.1 Å². The standard InChI is InChI=1S/C24H23NO4/c26-23(21-12-13-29-22-11-4-3-10-20(21)22)25-15-18(24(27)28)14-17-8-5-7-16-6-1-2-9-19(16)17/h1-11,18,21H,12-15H2,(H,25,26)(H,27,28). The fourth-order valence-electron chi connectivity index (χ4n) is 3.94. The normalized spacial score (nSPS) is 16.5. The van der Waals surface area contributed by atoms with Crippen molar-refractivity contribution in [3.63, 3.8) is 0 Å². The molecule has 1 heterocycles. The highest BCUT2D eigenvalue weighted by atomic mass is 16.5. The third kappa shape index (κ3) is 4.09. The van der Waals surface area contributed by atoms with E-state index in [9.17, 15) is 14.7 Å². The molecule has 4 rings (SSSR count). The summed E-state index contributed by atoms with van der Waals surface area (Å²) in [6.45, 7) is 0.574. The molecule has 0 radical (unpaired) electrons. The average molecular weight is 389 g/mol. The first-order valence-corrected chi connectivity index (χ1v) is 9.82. The smallest absolute Gasteiger partial charge is 0.308 e. The second-order valence-electron chi connectivity index (χ2n) is 7.35. The summed E-state index contributed by atoms with van der Waals surface area (Å²) in [7, 11) is 0. The number of aliphatic carboxylic acids is 1. The predicted molar refractivity (Wildman–Crippen MR) is 111 cm³/mol. The molecule has 1 amide bonds. The first-order chi connectivity index (χ1) is 14.1. The van der Waals surface area contributed by atoms with E-state index in [0.717, 1.165) is 27.6 Å². The van der Waals surface area contributed by atoms with Gasteiger partial charge in [0.1, 0.15) is 5.75 Å². The summed E-state index contributed by atoms with van der Waals surface area (Å²) in [5.41, 5.74) is 1.83. The van der Waals surface area contributed by atoms with E-state index in [1.807, 2.05) is 66.7 Å². The largest absolute Gasteiger partial charge is 0.493 e. The number of hydrogen-bond donors (Lipinski definition) is 2. The van der Waals surface area contributed by atoms with E-state index in [0.29, 0.717) is 19.4 Å². The van der Waals surface area contributed by atoms with Crippen LogP contribution in [0.15, 0.2) is 66.7 Å². The molecule has 0 bridgehead atoms. The molecule has 2 N–H and O–H groups in total. The van der Waals surface area contributed by atoms with Gasteiger partial charge in [0.15, 0.2) is 0 Å². The quantitative estimate of drug-likeness (QED) is 0.673. The van der Waals surface area contributed by atoms with E-state index in [-0.39, 0.29) is 18.4 Å². The summed E-state index contributed by atoms with van der Waals surface area (Å²) in [6.07, 6.45) is 0.950. The number of ether oxygens (including phenoxy) is 1. The van der Waals surface area contributed by atoms with Crippen molar-refractivity contribution in [1.29, 1.82) is 0 Å². The number of benzene rings is 3. The molecule has 0 aliphatic carbocycles. The lowest BCUT2D eigenvalue weighted by atomic mass is 9.91. The van der Waals surface area contributed by atoms with Crippen LogP contribution in [0.4, 0.5) is 0 Å². The molecular weight excluding hydrogens is 366 g/mol. The Balaban J connectivity index is 1.47. The molecule has 1 aliphatic heterocycles. The fourth-order valence-corrected chi connectivity index (χ4v) is 3.94. The summed E-state index contributed by atoms with van der Waals surface area (Å²) in [6, 6.07) is 21.3. The van der Waals surface area contributed by atoms with Crippen LogP contribution in [-0.4, -0.2) is 30.1 Å². The van der Waals surface area contributed by atoms with Gasteiger partial charge in [-0.15, -0.1) is 0 Å². The van der Waals surface area contributed by atoms with Gasteiger partial charge in [0.25, 0.3) is 0 Å². The molecule has 0 fully saturated rings. The van der Waals surface area contributed by atoms with Crippen LogP contribution in [0.2, 0.25) is 0 Å². The molecule has 0 aromatic heterocycles. The summed E-state index contributed by atoms with van der Waals surface area (Å²) < 4.78 is 5.61. The second kappa shape index (κ2) is 8.35. The molecule has 5 nitrogen and oxygen atoms in total. The van der Waals surface area contributed by atoms with Gasteiger partial charge >= 0.3 is 5.97 Å². The Morgan fingerprint density at radius 1 is 1.03 bits per heavy atom. The summed E-state index contributed by atoms with van der Waals surface area (Å²) in [5.74, 6) is -1.34. The monoisotopic (exact) mass is 389 g/mol. The molecule has 2 atom stereocenters. The first-order valence-electron chi connectivity index (χ1n) is 9.82. The van der Waals surface area contributed by atoms with E-state index < -0.39 is 11.9 Å². The molecule has 3 aromatic carbocycles. The molecule has 0 saturated carbocycles. The maximum atomic E-state index is 12.8. The maximum Gasteiger partial charge on any atom is 0.308 e. The van der Waals surface area contributed by atoms with E-state index >= 15 is 0 Å². The van der Waals surface area contributed by atoms with Crippen molar-refractivity contribution < 1.29 is 19.4 Å². The lowest BCUT2D eigenvalue weighted by Gasteiger charge is -2.25. The molecule has 0 saturated heterocycles. The summed E-state index contributed by atoms with van der Waals surface area (Å²) in [5, 5.41) is 14.7.